The lowest BCUT2D eigenvalue weighted by molar-refractivity contribution is 0.0520. The number of ether oxygens (including phenoxy) is 1. The van der Waals surface area contributed by atoms with Gasteiger partial charge in [0.2, 0.25) is 5.82 Å². The summed E-state index contributed by atoms with van der Waals surface area (Å²) < 4.78 is 12.4. The molecule has 4 rings (SSSR count). The summed E-state index contributed by atoms with van der Waals surface area (Å²) in [6, 6.07) is 11.1. The van der Waals surface area contributed by atoms with Crippen LogP contribution in [0.3, 0.4) is 0 Å². The number of thiazole rings is 1. The predicted octanol–water partition coefficient (Wildman–Crippen LogP) is 5.11. The van der Waals surface area contributed by atoms with E-state index in [-0.39, 0.29) is 0 Å². The first-order chi connectivity index (χ1) is 14.2. The number of hydrogen-bond acceptors (Lipinski definition) is 8. The van der Waals surface area contributed by atoms with Crippen molar-refractivity contribution < 1.29 is 13.9 Å². The summed E-state index contributed by atoms with van der Waals surface area (Å²) in [6.07, 6.45) is 1.59. The largest absolute Gasteiger partial charge is 0.461 e. The number of halogens is 1. The zero-order valence-corrected chi connectivity index (χ0v) is 17.6. The van der Waals surface area contributed by atoms with E-state index < -0.39 is 5.97 Å². The van der Waals surface area contributed by atoms with Gasteiger partial charge in [0.25, 0.3) is 0 Å². The average Bonchev–Trinajstić information content (AvgIpc) is 3.46. The van der Waals surface area contributed by atoms with Crippen LogP contribution in [0.5, 0.6) is 0 Å². The molecule has 148 valence electrons. The lowest BCUT2D eigenvalue weighted by Crippen LogP contribution is -2.05. The standard InChI is InChI=1S/C19H15ClN4O3S2/c1-2-26-18(25)14-10-28-16(21-14)11-29-19-23-22-17(15-7-4-8-27-15)24(19)13-6-3-5-12(20)9-13/h3-10H,2,11H2,1H3. The minimum atomic E-state index is -0.415. The lowest BCUT2D eigenvalue weighted by Gasteiger charge is -2.09. The van der Waals surface area contributed by atoms with Gasteiger partial charge in [-0.25, -0.2) is 9.78 Å². The number of carbonyl (C=O) groups excluding carboxylic acids is 1. The van der Waals surface area contributed by atoms with E-state index in [1.165, 1.54) is 23.1 Å². The summed E-state index contributed by atoms with van der Waals surface area (Å²) in [4.78, 5) is 16.1. The topological polar surface area (TPSA) is 83.0 Å². The molecule has 7 nitrogen and oxygen atoms in total. The highest BCUT2D eigenvalue weighted by atomic mass is 35.5. The molecule has 0 spiro atoms. The van der Waals surface area contributed by atoms with Crippen molar-refractivity contribution >= 4 is 40.7 Å². The fourth-order valence-electron chi connectivity index (χ4n) is 2.58. The van der Waals surface area contributed by atoms with Gasteiger partial charge >= 0.3 is 5.97 Å². The number of hydrogen-bond donors (Lipinski definition) is 0. The zero-order valence-electron chi connectivity index (χ0n) is 15.2. The number of rotatable bonds is 7. The molecule has 0 aliphatic heterocycles. The highest BCUT2D eigenvalue weighted by Gasteiger charge is 2.19. The molecule has 0 bridgehead atoms. The number of aromatic nitrogens is 4. The molecule has 0 atom stereocenters. The molecule has 0 aliphatic rings. The summed E-state index contributed by atoms with van der Waals surface area (Å²) in [5.74, 6) is 1.29. The van der Waals surface area contributed by atoms with E-state index in [1.807, 2.05) is 28.8 Å². The molecule has 4 aromatic rings. The molecule has 0 saturated heterocycles. The number of carbonyl (C=O) groups is 1. The Morgan fingerprint density at radius 1 is 1.31 bits per heavy atom. The van der Waals surface area contributed by atoms with Crippen LogP contribution in [0.1, 0.15) is 22.4 Å². The molecule has 3 heterocycles. The Morgan fingerprint density at radius 2 is 2.21 bits per heavy atom. The number of thioether (sulfide) groups is 1. The minimum absolute atomic E-state index is 0.318. The highest BCUT2D eigenvalue weighted by Crippen LogP contribution is 2.31. The molecule has 29 heavy (non-hydrogen) atoms. The molecule has 0 amide bonds. The van der Waals surface area contributed by atoms with Gasteiger partial charge in [0.1, 0.15) is 5.01 Å². The molecule has 0 aliphatic carbocycles. The van der Waals surface area contributed by atoms with E-state index in [0.29, 0.717) is 39.8 Å². The van der Waals surface area contributed by atoms with Crippen LogP contribution in [0.2, 0.25) is 5.02 Å². The second-order valence-electron chi connectivity index (χ2n) is 5.73. The Labute approximate surface area is 179 Å². The molecule has 0 fully saturated rings. The Morgan fingerprint density at radius 3 is 2.97 bits per heavy atom. The van der Waals surface area contributed by atoms with Crippen molar-refractivity contribution in [3.63, 3.8) is 0 Å². The Balaban J connectivity index is 1.62. The summed E-state index contributed by atoms with van der Waals surface area (Å²) in [5.41, 5.74) is 1.14. The van der Waals surface area contributed by atoms with Gasteiger partial charge in [0, 0.05) is 10.4 Å². The molecule has 0 unspecified atom stereocenters. The van der Waals surface area contributed by atoms with Gasteiger partial charge in [-0.1, -0.05) is 29.4 Å². The van der Waals surface area contributed by atoms with Crippen LogP contribution in [-0.2, 0) is 10.5 Å². The van der Waals surface area contributed by atoms with Crippen LogP contribution in [-0.4, -0.2) is 32.3 Å². The number of nitrogens with zero attached hydrogens (tertiary/aromatic N) is 4. The molecule has 3 aromatic heterocycles. The van der Waals surface area contributed by atoms with Crippen LogP contribution in [0.25, 0.3) is 17.3 Å². The van der Waals surface area contributed by atoms with Gasteiger partial charge in [-0.05, 0) is 37.3 Å². The predicted molar refractivity (Wildman–Crippen MR) is 112 cm³/mol. The van der Waals surface area contributed by atoms with Crippen molar-refractivity contribution in [3.8, 4) is 17.3 Å². The van der Waals surface area contributed by atoms with Crippen LogP contribution in [0, 0.1) is 0 Å². The summed E-state index contributed by atoms with van der Waals surface area (Å²) in [7, 11) is 0. The first kappa shape index (κ1) is 19.7. The van der Waals surface area contributed by atoms with Crippen LogP contribution in [0.15, 0.2) is 57.6 Å². The third-order valence-electron chi connectivity index (χ3n) is 3.80. The molecule has 0 N–H and O–H groups in total. The van der Waals surface area contributed by atoms with Crippen LogP contribution >= 0.6 is 34.7 Å². The molecule has 0 saturated carbocycles. The van der Waals surface area contributed by atoms with Crippen molar-refractivity contribution in [2.45, 2.75) is 17.8 Å². The van der Waals surface area contributed by atoms with E-state index in [4.69, 9.17) is 20.8 Å². The van der Waals surface area contributed by atoms with E-state index in [2.05, 4.69) is 15.2 Å². The van der Waals surface area contributed by atoms with Gasteiger partial charge in [-0.3, -0.25) is 4.57 Å². The second-order valence-corrected chi connectivity index (χ2v) is 8.06. The molecule has 10 heteroatoms. The first-order valence-corrected chi connectivity index (χ1v) is 10.9. The second kappa shape index (κ2) is 8.81. The summed E-state index contributed by atoms with van der Waals surface area (Å²) in [5, 5.41) is 12.4. The van der Waals surface area contributed by atoms with Gasteiger partial charge < -0.3 is 9.15 Å². The van der Waals surface area contributed by atoms with Gasteiger partial charge in [0.05, 0.1) is 24.3 Å². The Bertz CT molecular complexity index is 1120. The third kappa shape index (κ3) is 4.36. The Hall–Kier alpha value is -2.62. The Kier molecular flexibility index (Phi) is 5.98. The molecule has 1 aromatic carbocycles. The fourth-order valence-corrected chi connectivity index (χ4v) is 4.50. The van der Waals surface area contributed by atoms with Crippen molar-refractivity contribution in [2.75, 3.05) is 6.61 Å². The first-order valence-electron chi connectivity index (χ1n) is 8.65. The fraction of sp³-hybridized carbons (Fsp3) is 0.158. The highest BCUT2D eigenvalue weighted by molar-refractivity contribution is 7.98. The smallest absolute Gasteiger partial charge is 0.357 e. The quantitative estimate of drug-likeness (QED) is 0.288. The SMILES string of the molecule is CCOC(=O)c1csc(CSc2nnc(-c3ccco3)n2-c2cccc(Cl)c2)n1. The minimum Gasteiger partial charge on any atom is -0.461 e. The van der Waals surface area contributed by atoms with Crippen molar-refractivity contribution in [3.05, 3.63) is 63.8 Å². The van der Waals surface area contributed by atoms with Crippen LogP contribution < -0.4 is 0 Å². The normalized spacial score (nSPS) is 11.0. The van der Waals surface area contributed by atoms with Gasteiger partial charge in [-0.2, -0.15) is 0 Å². The monoisotopic (exact) mass is 446 g/mol. The summed E-state index contributed by atoms with van der Waals surface area (Å²) >= 11 is 9.05. The van der Waals surface area contributed by atoms with Crippen molar-refractivity contribution in [1.82, 2.24) is 19.7 Å². The average molecular weight is 447 g/mol. The summed E-state index contributed by atoms with van der Waals surface area (Å²) in [6.45, 7) is 2.08. The van der Waals surface area contributed by atoms with Gasteiger partial charge in [-0.15, -0.1) is 21.5 Å². The molecular formula is C19H15ClN4O3S2. The van der Waals surface area contributed by atoms with Crippen molar-refractivity contribution in [1.29, 1.82) is 0 Å². The third-order valence-corrected chi connectivity index (χ3v) is 6.01. The molecule has 0 radical (unpaired) electrons. The maximum absolute atomic E-state index is 11.8. The van der Waals surface area contributed by atoms with Crippen LogP contribution in [0.4, 0.5) is 0 Å². The number of esters is 1. The van der Waals surface area contributed by atoms with E-state index >= 15 is 0 Å². The van der Waals surface area contributed by atoms with E-state index in [1.54, 1.807) is 30.7 Å². The van der Waals surface area contributed by atoms with Crippen molar-refractivity contribution in [2.24, 2.45) is 0 Å². The number of furan rings is 1. The molecular weight excluding hydrogens is 432 g/mol. The van der Waals surface area contributed by atoms with Gasteiger partial charge in [0.15, 0.2) is 16.6 Å². The maximum atomic E-state index is 11.8. The number of benzene rings is 1. The lowest BCUT2D eigenvalue weighted by atomic mass is 10.3. The van der Waals surface area contributed by atoms with E-state index in [0.717, 1.165) is 10.7 Å². The maximum Gasteiger partial charge on any atom is 0.357 e. The zero-order chi connectivity index (χ0) is 20.2. The van der Waals surface area contributed by atoms with E-state index in [9.17, 15) is 4.79 Å².